The van der Waals surface area contributed by atoms with Crippen LogP contribution in [0.4, 0.5) is 4.39 Å². The summed E-state index contributed by atoms with van der Waals surface area (Å²) in [5.74, 6) is 0.260. The maximum absolute atomic E-state index is 13.8. The lowest BCUT2D eigenvalue weighted by Crippen LogP contribution is -2.48. The molecule has 0 aliphatic carbocycles. The molecule has 1 aliphatic rings. The fourth-order valence-corrected chi connectivity index (χ4v) is 3.25. The predicted molar refractivity (Wildman–Crippen MR) is 99.5 cm³/mol. The van der Waals surface area contributed by atoms with Crippen LogP contribution >= 0.6 is 0 Å². The minimum Gasteiger partial charge on any atom is -0.355 e. The lowest BCUT2D eigenvalue weighted by molar-refractivity contribution is 0.0617. The number of hydrogen-bond acceptors (Lipinski definition) is 4. The van der Waals surface area contributed by atoms with Crippen molar-refractivity contribution in [2.75, 3.05) is 26.2 Å². The van der Waals surface area contributed by atoms with Gasteiger partial charge in [-0.3, -0.25) is 9.69 Å². The molecule has 0 N–H and O–H groups in total. The number of carbonyl (C=O) groups excluding carboxylic acids is 1. The molecule has 0 bridgehead atoms. The summed E-state index contributed by atoms with van der Waals surface area (Å²) < 4.78 is 19.1. The first-order valence-electron chi connectivity index (χ1n) is 8.98. The van der Waals surface area contributed by atoms with E-state index in [2.05, 4.69) is 10.1 Å². The van der Waals surface area contributed by atoms with Crippen LogP contribution in [-0.2, 0) is 6.54 Å². The van der Waals surface area contributed by atoms with Gasteiger partial charge in [0, 0.05) is 49.9 Å². The monoisotopic (exact) mass is 365 g/mol. The summed E-state index contributed by atoms with van der Waals surface area (Å²) in [6.45, 7) is 3.12. The molecule has 4 rings (SSSR count). The molecule has 0 spiro atoms. The highest BCUT2D eigenvalue weighted by Crippen LogP contribution is 2.21. The van der Waals surface area contributed by atoms with Crippen LogP contribution in [-0.4, -0.2) is 47.0 Å². The number of carbonyl (C=O) groups is 1. The molecule has 0 radical (unpaired) electrons. The van der Waals surface area contributed by atoms with Crippen LogP contribution in [0.2, 0.25) is 0 Å². The van der Waals surface area contributed by atoms with Gasteiger partial charge in [-0.25, -0.2) is 4.39 Å². The molecule has 3 aromatic rings. The summed E-state index contributed by atoms with van der Waals surface area (Å²) in [4.78, 5) is 16.6. The first kappa shape index (κ1) is 17.4. The normalized spacial score (nSPS) is 15.1. The van der Waals surface area contributed by atoms with E-state index in [4.69, 9.17) is 4.52 Å². The summed E-state index contributed by atoms with van der Waals surface area (Å²) in [5, 5.41) is 3.94. The first-order valence-corrected chi connectivity index (χ1v) is 8.98. The fraction of sp³-hybridized carbons (Fsp3) is 0.238. The molecule has 1 aromatic heterocycles. The van der Waals surface area contributed by atoms with Gasteiger partial charge in [0.25, 0.3) is 5.91 Å². The smallest absolute Gasteiger partial charge is 0.276 e. The van der Waals surface area contributed by atoms with Crippen molar-refractivity contribution in [2.45, 2.75) is 6.54 Å². The Morgan fingerprint density at radius 1 is 1.00 bits per heavy atom. The van der Waals surface area contributed by atoms with Gasteiger partial charge in [-0.1, -0.05) is 53.7 Å². The molecule has 1 amide bonds. The highest BCUT2D eigenvalue weighted by Gasteiger charge is 2.25. The summed E-state index contributed by atoms with van der Waals surface area (Å²) in [7, 11) is 0. The van der Waals surface area contributed by atoms with Crippen LogP contribution in [0, 0.1) is 5.82 Å². The summed E-state index contributed by atoms with van der Waals surface area (Å²) in [5.41, 5.74) is 1.89. The van der Waals surface area contributed by atoms with Gasteiger partial charge in [0.05, 0.1) is 0 Å². The molecule has 6 heteroatoms. The van der Waals surface area contributed by atoms with Gasteiger partial charge in [0.15, 0.2) is 11.5 Å². The average Bonchev–Trinajstić information content (AvgIpc) is 3.21. The molecule has 0 atom stereocenters. The maximum Gasteiger partial charge on any atom is 0.276 e. The molecule has 0 saturated carbocycles. The molecule has 27 heavy (non-hydrogen) atoms. The molecule has 1 fully saturated rings. The Bertz CT molecular complexity index is 918. The van der Waals surface area contributed by atoms with E-state index in [-0.39, 0.29) is 11.7 Å². The van der Waals surface area contributed by atoms with Gasteiger partial charge >= 0.3 is 0 Å². The molecular weight excluding hydrogens is 345 g/mol. The van der Waals surface area contributed by atoms with Crippen molar-refractivity contribution in [1.82, 2.24) is 15.0 Å². The van der Waals surface area contributed by atoms with Gasteiger partial charge in [-0.2, -0.15) is 0 Å². The highest BCUT2D eigenvalue weighted by molar-refractivity contribution is 5.93. The first-order chi connectivity index (χ1) is 13.2. The summed E-state index contributed by atoms with van der Waals surface area (Å²) in [6.07, 6.45) is 0. The number of halogens is 1. The molecular formula is C21H20FN3O2. The van der Waals surface area contributed by atoms with E-state index in [0.29, 0.717) is 49.7 Å². The Hall–Kier alpha value is -2.99. The van der Waals surface area contributed by atoms with Crippen LogP contribution in [0.1, 0.15) is 16.1 Å². The number of benzene rings is 2. The van der Waals surface area contributed by atoms with Crippen LogP contribution in [0.25, 0.3) is 11.3 Å². The minimum absolute atomic E-state index is 0.133. The van der Waals surface area contributed by atoms with E-state index in [0.717, 1.165) is 5.56 Å². The third-order valence-corrected chi connectivity index (χ3v) is 4.80. The Labute approximate surface area is 157 Å². The van der Waals surface area contributed by atoms with Crippen molar-refractivity contribution in [1.29, 1.82) is 0 Å². The fourth-order valence-electron chi connectivity index (χ4n) is 3.25. The largest absolute Gasteiger partial charge is 0.355 e. The number of piperazine rings is 1. The van der Waals surface area contributed by atoms with Gasteiger partial charge in [-0.05, 0) is 6.07 Å². The van der Waals surface area contributed by atoms with Gasteiger partial charge in [0.1, 0.15) is 5.82 Å². The Morgan fingerprint density at radius 3 is 2.44 bits per heavy atom. The quantitative estimate of drug-likeness (QED) is 0.711. The minimum atomic E-state index is -0.188. The molecule has 1 saturated heterocycles. The van der Waals surface area contributed by atoms with Crippen molar-refractivity contribution in [3.8, 4) is 11.3 Å². The molecule has 2 heterocycles. The molecule has 0 unspecified atom stereocenters. The number of amides is 1. The Kier molecular flexibility index (Phi) is 4.98. The van der Waals surface area contributed by atoms with Crippen LogP contribution < -0.4 is 0 Å². The van der Waals surface area contributed by atoms with E-state index in [1.54, 1.807) is 23.1 Å². The summed E-state index contributed by atoms with van der Waals surface area (Å²) >= 11 is 0. The SMILES string of the molecule is O=C(c1cc(-c2ccccc2)on1)N1CCN(Cc2ccccc2F)CC1. The number of hydrogen-bond donors (Lipinski definition) is 0. The number of nitrogens with zero attached hydrogens (tertiary/aromatic N) is 3. The summed E-state index contributed by atoms with van der Waals surface area (Å²) in [6, 6.07) is 18.1. The molecule has 1 aliphatic heterocycles. The number of aromatic nitrogens is 1. The third kappa shape index (κ3) is 3.90. The Morgan fingerprint density at radius 2 is 1.70 bits per heavy atom. The third-order valence-electron chi connectivity index (χ3n) is 4.80. The molecule has 2 aromatic carbocycles. The lowest BCUT2D eigenvalue weighted by Gasteiger charge is -2.34. The average molecular weight is 365 g/mol. The zero-order valence-electron chi connectivity index (χ0n) is 14.8. The Balaban J connectivity index is 1.36. The van der Waals surface area contributed by atoms with Crippen molar-refractivity contribution in [3.05, 3.63) is 77.7 Å². The van der Waals surface area contributed by atoms with Crippen molar-refractivity contribution in [3.63, 3.8) is 0 Å². The van der Waals surface area contributed by atoms with E-state index in [1.807, 2.05) is 36.4 Å². The maximum atomic E-state index is 13.8. The molecule has 138 valence electrons. The van der Waals surface area contributed by atoms with Gasteiger partial charge < -0.3 is 9.42 Å². The zero-order chi connectivity index (χ0) is 18.6. The van der Waals surface area contributed by atoms with Crippen LogP contribution in [0.15, 0.2) is 65.2 Å². The lowest BCUT2D eigenvalue weighted by atomic mass is 10.1. The van der Waals surface area contributed by atoms with E-state index in [1.165, 1.54) is 6.07 Å². The topological polar surface area (TPSA) is 49.6 Å². The molecule has 5 nitrogen and oxygen atoms in total. The van der Waals surface area contributed by atoms with Gasteiger partial charge in [-0.15, -0.1) is 0 Å². The van der Waals surface area contributed by atoms with Crippen LogP contribution in [0.3, 0.4) is 0 Å². The second-order valence-electron chi connectivity index (χ2n) is 6.60. The van der Waals surface area contributed by atoms with E-state index in [9.17, 15) is 9.18 Å². The van der Waals surface area contributed by atoms with Crippen molar-refractivity contribution >= 4 is 5.91 Å². The van der Waals surface area contributed by atoms with Crippen LogP contribution in [0.5, 0.6) is 0 Å². The van der Waals surface area contributed by atoms with E-state index >= 15 is 0 Å². The van der Waals surface area contributed by atoms with Crippen molar-refractivity contribution in [2.24, 2.45) is 0 Å². The van der Waals surface area contributed by atoms with Gasteiger partial charge in [0.2, 0.25) is 0 Å². The van der Waals surface area contributed by atoms with E-state index < -0.39 is 0 Å². The standard InChI is InChI=1S/C21H20FN3O2/c22-18-9-5-4-8-17(18)15-24-10-12-25(13-11-24)21(26)19-14-20(27-23-19)16-6-2-1-3-7-16/h1-9,14H,10-13,15H2. The highest BCUT2D eigenvalue weighted by atomic mass is 19.1. The van der Waals surface area contributed by atoms with Crippen molar-refractivity contribution < 1.29 is 13.7 Å². The second kappa shape index (κ2) is 7.72. The zero-order valence-corrected chi connectivity index (χ0v) is 14.8. The second-order valence-corrected chi connectivity index (χ2v) is 6.60. The predicted octanol–water partition coefficient (Wildman–Crippen LogP) is 3.44. The number of rotatable bonds is 4.